The molecule has 0 aromatic rings. The Hall–Kier alpha value is -0.780. The van der Waals surface area contributed by atoms with Gasteiger partial charge in [-0.1, -0.05) is 12.8 Å². The van der Waals surface area contributed by atoms with Crippen molar-refractivity contribution in [1.82, 2.24) is 0 Å². The molecule has 3 nitrogen and oxygen atoms in total. The summed E-state index contributed by atoms with van der Waals surface area (Å²) in [5.41, 5.74) is 2.91. The van der Waals surface area contributed by atoms with Gasteiger partial charge in [0.2, 0.25) is 0 Å². The Morgan fingerprint density at radius 2 is 1.79 bits per heavy atom. The van der Waals surface area contributed by atoms with Crippen LogP contribution in [-0.4, -0.2) is 23.3 Å². The van der Waals surface area contributed by atoms with Gasteiger partial charge in [-0.25, -0.2) is 0 Å². The molecule has 6 heteroatoms. The van der Waals surface area contributed by atoms with Gasteiger partial charge in [0.15, 0.2) is 0 Å². The highest BCUT2D eigenvalue weighted by Crippen LogP contribution is 2.52. The smallest absolute Gasteiger partial charge is 0.396 e. The number of nitrogens with two attached hydrogens (primary N) is 1. The molecule has 1 fully saturated rings. The first-order valence-electron chi connectivity index (χ1n) is 4.36. The van der Waals surface area contributed by atoms with Crippen molar-refractivity contribution in [3.63, 3.8) is 0 Å². The van der Waals surface area contributed by atoms with Gasteiger partial charge in [-0.05, 0) is 12.8 Å². The Bertz CT molecular complexity index is 233. The van der Waals surface area contributed by atoms with Crippen LogP contribution in [0, 0.1) is 5.41 Å². The number of alkyl halides is 3. The van der Waals surface area contributed by atoms with E-state index in [1.165, 1.54) is 0 Å². The summed E-state index contributed by atoms with van der Waals surface area (Å²) < 4.78 is 38.0. The van der Waals surface area contributed by atoms with Crippen molar-refractivity contribution in [2.45, 2.75) is 37.9 Å². The molecule has 1 unspecified atom stereocenters. The molecular formula is C8H12F3NO2. The van der Waals surface area contributed by atoms with Crippen LogP contribution in [0.4, 0.5) is 13.2 Å². The number of hydrogen-bond donors (Lipinski definition) is 2. The first kappa shape index (κ1) is 11.3. The zero-order valence-electron chi connectivity index (χ0n) is 7.47. The van der Waals surface area contributed by atoms with E-state index in [1.807, 2.05) is 0 Å². The monoisotopic (exact) mass is 211 g/mol. The summed E-state index contributed by atoms with van der Waals surface area (Å²) in [5, 5.41) is 8.55. The Labute approximate surface area is 79.1 Å². The van der Waals surface area contributed by atoms with Crippen molar-refractivity contribution in [3.05, 3.63) is 0 Å². The third-order valence-corrected chi connectivity index (χ3v) is 2.92. The maximum atomic E-state index is 12.7. The van der Waals surface area contributed by atoms with Gasteiger partial charge in [-0.2, -0.15) is 13.2 Å². The summed E-state index contributed by atoms with van der Waals surface area (Å²) in [6.07, 6.45) is -4.10. The Kier molecular flexibility index (Phi) is 2.76. The molecule has 82 valence electrons. The third kappa shape index (κ3) is 1.58. The lowest BCUT2D eigenvalue weighted by Gasteiger charge is -2.34. The maximum absolute atomic E-state index is 12.7. The molecule has 0 amide bonds. The zero-order chi connectivity index (χ0) is 11.0. The van der Waals surface area contributed by atoms with Gasteiger partial charge < -0.3 is 10.8 Å². The van der Waals surface area contributed by atoms with E-state index in [1.54, 1.807) is 0 Å². The predicted octanol–water partition coefficient (Wildman–Crippen LogP) is 1.52. The van der Waals surface area contributed by atoms with Crippen molar-refractivity contribution >= 4 is 5.97 Å². The lowest BCUT2D eigenvalue weighted by Crippen LogP contribution is -2.54. The topological polar surface area (TPSA) is 63.3 Å². The molecule has 3 N–H and O–H groups in total. The minimum Gasteiger partial charge on any atom is -0.480 e. The van der Waals surface area contributed by atoms with Crippen LogP contribution in [0.5, 0.6) is 0 Å². The molecule has 0 aromatic carbocycles. The average molecular weight is 211 g/mol. The molecule has 1 atom stereocenters. The van der Waals surface area contributed by atoms with Gasteiger partial charge in [-0.15, -0.1) is 0 Å². The van der Waals surface area contributed by atoms with Gasteiger partial charge in [0, 0.05) is 0 Å². The van der Waals surface area contributed by atoms with Gasteiger partial charge >= 0.3 is 12.1 Å². The number of carboxylic acid groups (broad SMARTS) is 1. The minimum absolute atomic E-state index is 0.177. The number of rotatable bonds is 2. The van der Waals surface area contributed by atoms with Crippen molar-refractivity contribution in [1.29, 1.82) is 0 Å². The fourth-order valence-electron chi connectivity index (χ4n) is 2.01. The van der Waals surface area contributed by atoms with Crippen molar-refractivity contribution in [3.8, 4) is 0 Å². The molecule has 0 bridgehead atoms. The van der Waals surface area contributed by atoms with Crippen LogP contribution >= 0.6 is 0 Å². The fourth-order valence-corrected chi connectivity index (χ4v) is 2.01. The summed E-state index contributed by atoms with van der Waals surface area (Å²) in [4.78, 5) is 10.5. The second-order valence-corrected chi connectivity index (χ2v) is 3.68. The summed E-state index contributed by atoms with van der Waals surface area (Å²) in [7, 11) is 0. The zero-order valence-corrected chi connectivity index (χ0v) is 7.47. The summed E-state index contributed by atoms with van der Waals surface area (Å²) in [6.45, 7) is 0. The van der Waals surface area contributed by atoms with Gasteiger partial charge in [0.1, 0.15) is 6.04 Å². The van der Waals surface area contributed by atoms with Crippen LogP contribution in [0.3, 0.4) is 0 Å². The lowest BCUT2D eigenvalue weighted by atomic mass is 9.78. The molecule has 0 radical (unpaired) electrons. The highest BCUT2D eigenvalue weighted by molar-refractivity contribution is 5.74. The standard InChI is InChI=1S/C8H12F3NO2/c9-8(10,11)7(3-1-2-4-7)5(12)6(13)14/h5H,1-4,12H2,(H,13,14). The molecule has 0 saturated heterocycles. The van der Waals surface area contributed by atoms with E-state index < -0.39 is 23.6 Å². The SMILES string of the molecule is NC(C(=O)O)C1(C(F)(F)F)CCCC1. The van der Waals surface area contributed by atoms with E-state index in [-0.39, 0.29) is 12.8 Å². The summed E-state index contributed by atoms with van der Waals surface area (Å²) >= 11 is 0. The molecule has 1 aliphatic rings. The lowest BCUT2D eigenvalue weighted by molar-refractivity contribution is -0.231. The highest BCUT2D eigenvalue weighted by Gasteiger charge is 2.61. The Balaban J connectivity index is 2.99. The largest absolute Gasteiger partial charge is 0.480 e. The Morgan fingerprint density at radius 1 is 1.36 bits per heavy atom. The number of hydrogen-bond acceptors (Lipinski definition) is 2. The van der Waals surface area contributed by atoms with Crippen LogP contribution in [0.2, 0.25) is 0 Å². The second kappa shape index (κ2) is 3.42. The predicted molar refractivity (Wildman–Crippen MR) is 42.6 cm³/mol. The highest BCUT2D eigenvalue weighted by atomic mass is 19.4. The van der Waals surface area contributed by atoms with E-state index in [2.05, 4.69) is 0 Å². The normalized spacial score (nSPS) is 23.4. The molecule has 0 heterocycles. The molecule has 1 rings (SSSR count). The van der Waals surface area contributed by atoms with Crippen LogP contribution in [0.25, 0.3) is 0 Å². The number of carboxylic acids is 1. The second-order valence-electron chi connectivity index (χ2n) is 3.68. The van der Waals surface area contributed by atoms with Crippen LogP contribution in [0.1, 0.15) is 25.7 Å². The fraction of sp³-hybridized carbons (Fsp3) is 0.875. The number of halogens is 3. The van der Waals surface area contributed by atoms with Gasteiger partial charge in [0.25, 0.3) is 0 Å². The maximum Gasteiger partial charge on any atom is 0.396 e. The third-order valence-electron chi connectivity index (χ3n) is 2.92. The number of carbonyl (C=O) groups is 1. The Morgan fingerprint density at radius 3 is 2.07 bits per heavy atom. The van der Waals surface area contributed by atoms with Crippen LogP contribution in [-0.2, 0) is 4.79 Å². The van der Waals surface area contributed by atoms with E-state index in [0.29, 0.717) is 12.8 Å². The van der Waals surface area contributed by atoms with Gasteiger partial charge in [-0.3, -0.25) is 4.79 Å². The summed E-state index contributed by atoms with van der Waals surface area (Å²) in [6, 6.07) is -1.84. The minimum atomic E-state index is -4.53. The molecule has 14 heavy (non-hydrogen) atoms. The van der Waals surface area contributed by atoms with Crippen molar-refractivity contribution in [2.24, 2.45) is 11.1 Å². The molecular weight excluding hydrogens is 199 g/mol. The quantitative estimate of drug-likeness (QED) is 0.727. The van der Waals surface area contributed by atoms with E-state index in [9.17, 15) is 18.0 Å². The van der Waals surface area contributed by atoms with Crippen LogP contribution in [0.15, 0.2) is 0 Å². The molecule has 0 aromatic heterocycles. The number of aliphatic carboxylic acids is 1. The molecule has 1 aliphatic carbocycles. The molecule has 0 aliphatic heterocycles. The summed E-state index contributed by atoms with van der Waals surface area (Å²) in [5.74, 6) is -1.58. The first-order chi connectivity index (χ1) is 6.31. The van der Waals surface area contributed by atoms with Gasteiger partial charge in [0.05, 0.1) is 5.41 Å². The first-order valence-corrected chi connectivity index (χ1v) is 4.36. The molecule has 0 spiro atoms. The average Bonchev–Trinajstić information content (AvgIpc) is 2.50. The van der Waals surface area contributed by atoms with E-state index in [4.69, 9.17) is 10.8 Å². The van der Waals surface area contributed by atoms with Crippen molar-refractivity contribution in [2.75, 3.05) is 0 Å². The van der Waals surface area contributed by atoms with Crippen molar-refractivity contribution < 1.29 is 23.1 Å². The molecule has 1 saturated carbocycles. The van der Waals surface area contributed by atoms with Crippen LogP contribution < -0.4 is 5.73 Å². The van der Waals surface area contributed by atoms with E-state index in [0.717, 1.165) is 0 Å². The van der Waals surface area contributed by atoms with E-state index >= 15 is 0 Å².